The van der Waals surface area contributed by atoms with Crippen molar-refractivity contribution >= 4 is 5.69 Å². The first kappa shape index (κ1) is 8.74. The fourth-order valence-corrected chi connectivity index (χ4v) is 1.33. The summed E-state index contributed by atoms with van der Waals surface area (Å²) in [5.74, 6) is 0. The molecule has 0 aromatic carbocycles. The van der Waals surface area contributed by atoms with E-state index in [0.717, 1.165) is 29.9 Å². The van der Waals surface area contributed by atoms with Crippen LogP contribution in [-0.2, 0) is 12.8 Å². The Labute approximate surface area is 82.2 Å². The van der Waals surface area contributed by atoms with Crippen LogP contribution in [-0.4, -0.2) is 15.0 Å². The van der Waals surface area contributed by atoms with Crippen LogP contribution in [0, 0.1) is 0 Å². The molecule has 0 saturated carbocycles. The van der Waals surface area contributed by atoms with Gasteiger partial charge in [-0.25, -0.2) is 4.98 Å². The zero-order chi connectivity index (χ0) is 9.80. The molecular formula is C10H12N4. The predicted octanol–water partition coefficient (Wildman–Crippen LogP) is 1.17. The van der Waals surface area contributed by atoms with E-state index in [1.54, 1.807) is 12.5 Å². The van der Waals surface area contributed by atoms with Gasteiger partial charge < -0.3 is 10.7 Å². The third-order valence-corrected chi connectivity index (χ3v) is 2.10. The number of hydrogen-bond acceptors (Lipinski definition) is 3. The van der Waals surface area contributed by atoms with E-state index in [1.807, 2.05) is 18.3 Å². The molecule has 0 amide bonds. The number of pyridine rings is 1. The average Bonchev–Trinajstić information content (AvgIpc) is 2.69. The summed E-state index contributed by atoms with van der Waals surface area (Å²) in [6.07, 6.45) is 7.02. The van der Waals surface area contributed by atoms with E-state index in [2.05, 4.69) is 15.0 Å². The van der Waals surface area contributed by atoms with Gasteiger partial charge in [-0.3, -0.25) is 4.98 Å². The maximum Gasteiger partial charge on any atom is 0.0923 e. The maximum absolute atomic E-state index is 5.77. The van der Waals surface area contributed by atoms with Gasteiger partial charge in [0.2, 0.25) is 0 Å². The van der Waals surface area contributed by atoms with Crippen LogP contribution in [0.4, 0.5) is 5.69 Å². The molecule has 0 bridgehead atoms. The molecule has 0 fully saturated rings. The summed E-state index contributed by atoms with van der Waals surface area (Å²) in [5.41, 5.74) is 8.50. The van der Waals surface area contributed by atoms with Crippen molar-refractivity contribution in [2.24, 2.45) is 0 Å². The summed E-state index contributed by atoms with van der Waals surface area (Å²) < 4.78 is 0. The first-order valence-electron chi connectivity index (χ1n) is 4.53. The highest BCUT2D eigenvalue weighted by molar-refractivity contribution is 5.42. The number of rotatable bonds is 3. The van der Waals surface area contributed by atoms with Crippen molar-refractivity contribution in [1.29, 1.82) is 0 Å². The lowest BCUT2D eigenvalue weighted by Gasteiger charge is -2.01. The van der Waals surface area contributed by atoms with Gasteiger partial charge in [0.25, 0.3) is 0 Å². The molecule has 2 heterocycles. The number of H-pyrrole nitrogens is 1. The molecular weight excluding hydrogens is 176 g/mol. The van der Waals surface area contributed by atoms with Crippen LogP contribution in [0.2, 0.25) is 0 Å². The molecule has 4 heteroatoms. The summed E-state index contributed by atoms with van der Waals surface area (Å²) in [7, 11) is 0. The van der Waals surface area contributed by atoms with E-state index in [0.29, 0.717) is 0 Å². The van der Waals surface area contributed by atoms with Crippen molar-refractivity contribution in [2.75, 3.05) is 5.73 Å². The summed E-state index contributed by atoms with van der Waals surface area (Å²) >= 11 is 0. The molecule has 2 rings (SSSR count). The molecule has 0 radical (unpaired) electrons. The quantitative estimate of drug-likeness (QED) is 0.759. The Morgan fingerprint density at radius 1 is 1.29 bits per heavy atom. The topological polar surface area (TPSA) is 67.6 Å². The number of nitrogens with two attached hydrogens (primary N) is 1. The smallest absolute Gasteiger partial charge is 0.0923 e. The van der Waals surface area contributed by atoms with E-state index >= 15 is 0 Å². The molecule has 4 nitrogen and oxygen atoms in total. The maximum atomic E-state index is 5.77. The van der Waals surface area contributed by atoms with Crippen LogP contribution in [0.1, 0.15) is 11.4 Å². The number of nitrogens with one attached hydrogen (secondary N) is 1. The molecule has 0 aliphatic heterocycles. The Morgan fingerprint density at radius 3 is 2.93 bits per heavy atom. The molecule has 3 N–H and O–H groups in total. The Bertz CT molecular complexity index is 394. The van der Waals surface area contributed by atoms with Crippen molar-refractivity contribution in [1.82, 2.24) is 15.0 Å². The van der Waals surface area contributed by atoms with Crippen molar-refractivity contribution in [3.05, 3.63) is 42.2 Å². The van der Waals surface area contributed by atoms with E-state index in [1.165, 1.54) is 0 Å². The third kappa shape index (κ3) is 1.90. The summed E-state index contributed by atoms with van der Waals surface area (Å²) in [6, 6.07) is 3.71. The lowest BCUT2D eigenvalue weighted by Crippen LogP contribution is -1.99. The molecule has 0 aliphatic carbocycles. The highest BCUT2D eigenvalue weighted by atomic mass is 14.9. The lowest BCUT2D eigenvalue weighted by atomic mass is 10.1. The standard InChI is InChI=1S/C10H12N4/c11-9-2-1-5-13-10(9)4-3-8-6-12-7-14-8/h1-2,5-7H,3-4,11H2,(H,12,14). The van der Waals surface area contributed by atoms with E-state index in [9.17, 15) is 0 Å². The van der Waals surface area contributed by atoms with Crippen LogP contribution in [0.15, 0.2) is 30.9 Å². The van der Waals surface area contributed by atoms with Crippen LogP contribution in [0.3, 0.4) is 0 Å². The number of anilines is 1. The Morgan fingerprint density at radius 2 is 2.21 bits per heavy atom. The van der Waals surface area contributed by atoms with Gasteiger partial charge in [0.05, 0.1) is 23.4 Å². The van der Waals surface area contributed by atoms with Crippen molar-refractivity contribution in [3.63, 3.8) is 0 Å². The minimum Gasteiger partial charge on any atom is -0.397 e. The first-order chi connectivity index (χ1) is 6.86. The average molecular weight is 188 g/mol. The van der Waals surface area contributed by atoms with Gasteiger partial charge in [0, 0.05) is 12.4 Å². The van der Waals surface area contributed by atoms with Gasteiger partial charge in [0.1, 0.15) is 0 Å². The van der Waals surface area contributed by atoms with E-state index in [4.69, 9.17) is 5.73 Å². The SMILES string of the molecule is Nc1cccnc1CCc1c[nH]cn1. The predicted molar refractivity (Wildman–Crippen MR) is 54.6 cm³/mol. The van der Waals surface area contributed by atoms with E-state index < -0.39 is 0 Å². The normalized spacial score (nSPS) is 10.3. The summed E-state index contributed by atoms with van der Waals surface area (Å²) in [6.45, 7) is 0. The van der Waals surface area contributed by atoms with Crippen molar-refractivity contribution in [3.8, 4) is 0 Å². The zero-order valence-electron chi connectivity index (χ0n) is 7.77. The molecule has 0 saturated heterocycles. The molecule has 14 heavy (non-hydrogen) atoms. The van der Waals surface area contributed by atoms with Crippen molar-refractivity contribution in [2.45, 2.75) is 12.8 Å². The molecule has 0 aliphatic rings. The molecule has 72 valence electrons. The zero-order valence-corrected chi connectivity index (χ0v) is 7.77. The molecule has 2 aromatic heterocycles. The second-order valence-corrected chi connectivity index (χ2v) is 3.10. The number of aromatic nitrogens is 3. The monoisotopic (exact) mass is 188 g/mol. The number of aryl methyl sites for hydroxylation is 2. The van der Waals surface area contributed by atoms with Gasteiger partial charge in [-0.2, -0.15) is 0 Å². The van der Waals surface area contributed by atoms with Gasteiger partial charge in [-0.1, -0.05) is 0 Å². The fourth-order valence-electron chi connectivity index (χ4n) is 1.33. The number of imidazole rings is 1. The minimum absolute atomic E-state index is 0.753. The molecule has 0 atom stereocenters. The second-order valence-electron chi connectivity index (χ2n) is 3.10. The number of hydrogen-bond donors (Lipinski definition) is 2. The van der Waals surface area contributed by atoms with E-state index in [-0.39, 0.29) is 0 Å². The Kier molecular flexibility index (Phi) is 2.44. The van der Waals surface area contributed by atoms with Crippen molar-refractivity contribution < 1.29 is 0 Å². The van der Waals surface area contributed by atoms with Gasteiger partial charge in [-0.15, -0.1) is 0 Å². The number of nitrogens with zero attached hydrogens (tertiary/aromatic N) is 2. The largest absolute Gasteiger partial charge is 0.397 e. The fraction of sp³-hybridized carbons (Fsp3) is 0.200. The second kappa shape index (κ2) is 3.91. The number of nitrogen functional groups attached to an aromatic ring is 1. The lowest BCUT2D eigenvalue weighted by molar-refractivity contribution is 0.892. The first-order valence-corrected chi connectivity index (χ1v) is 4.53. The Hall–Kier alpha value is -1.84. The molecule has 0 spiro atoms. The highest BCUT2D eigenvalue weighted by Gasteiger charge is 2.01. The summed E-state index contributed by atoms with van der Waals surface area (Å²) in [4.78, 5) is 11.3. The van der Waals surface area contributed by atoms with Crippen LogP contribution >= 0.6 is 0 Å². The molecule has 0 unspecified atom stereocenters. The highest BCUT2D eigenvalue weighted by Crippen LogP contribution is 2.09. The van der Waals surface area contributed by atoms with Crippen LogP contribution in [0.5, 0.6) is 0 Å². The van der Waals surface area contributed by atoms with Gasteiger partial charge in [-0.05, 0) is 25.0 Å². The number of aromatic amines is 1. The van der Waals surface area contributed by atoms with Gasteiger partial charge >= 0.3 is 0 Å². The van der Waals surface area contributed by atoms with Crippen LogP contribution in [0.25, 0.3) is 0 Å². The molecule has 2 aromatic rings. The Balaban J connectivity index is 2.02. The summed E-state index contributed by atoms with van der Waals surface area (Å²) in [5, 5.41) is 0. The minimum atomic E-state index is 0.753. The van der Waals surface area contributed by atoms with Gasteiger partial charge in [0.15, 0.2) is 0 Å². The van der Waals surface area contributed by atoms with Crippen LogP contribution < -0.4 is 5.73 Å². The third-order valence-electron chi connectivity index (χ3n) is 2.10.